The maximum Gasteiger partial charge on any atom is 0.185 e. The molecule has 1 aromatic rings. The fourth-order valence-electron chi connectivity index (χ4n) is 2.26. The smallest absolute Gasteiger partial charge is 0.185 e. The average molecular weight is 298 g/mol. The third-order valence-electron chi connectivity index (χ3n) is 3.19. The van der Waals surface area contributed by atoms with Crippen LogP contribution in [0.2, 0.25) is 0 Å². The summed E-state index contributed by atoms with van der Waals surface area (Å²) in [5, 5.41) is 4.65. The first kappa shape index (κ1) is 17.4. The van der Waals surface area contributed by atoms with Gasteiger partial charge in [0.1, 0.15) is 0 Å². The number of anilines is 1. The zero-order valence-corrected chi connectivity index (χ0v) is 14.9. The van der Waals surface area contributed by atoms with Crippen LogP contribution in [0.4, 0.5) is 5.13 Å². The molecule has 0 saturated heterocycles. The van der Waals surface area contributed by atoms with Crippen LogP contribution in [0.1, 0.15) is 65.0 Å². The first-order valence-electron chi connectivity index (χ1n) is 7.89. The van der Waals surface area contributed by atoms with Crippen molar-refractivity contribution in [2.45, 2.75) is 66.3 Å². The lowest BCUT2D eigenvalue weighted by atomic mass is 9.91. The van der Waals surface area contributed by atoms with E-state index in [2.05, 4.69) is 51.8 Å². The van der Waals surface area contributed by atoms with Crippen molar-refractivity contribution in [1.82, 2.24) is 10.3 Å². The normalized spacial score (nSPS) is 11.9. The van der Waals surface area contributed by atoms with Crippen LogP contribution in [-0.2, 0) is 12.0 Å². The summed E-state index contributed by atoms with van der Waals surface area (Å²) in [6.07, 6.45) is 2.35. The maximum atomic E-state index is 4.98. The summed E-state index contributed by atoms with van der Waals surface area (Å²) in [4.78, 5) is 8.81. The zero-order chi connectivity index (χ0) is 15.2. The predicted octanol–water partition coefficient (Wildman–Crippen LogP) is 4.18. The first-order chi connectivity index (χ1) is 9.43. The molecule has 1 heterocycles. The Morgan fingerprint density at radius 2 is 1.70 bits per heavy atom. The highest BCUT2D eigenvalue weighted by Gasteiger charge is 2.24. The van der Waals surface area contributed by atoms with E-state index in [0.717, 1.165) is 26.2 Å². The van der Waals surface area contributed by atoms with Crippen LogP contribution in [0.3, 0.4) is 0 Å². The Morgan fingerprint density at radius 3 is 2.15 bits per heavy atom. The summed E-state index contributed by atoms with van der Waals surface area (Å²) in [5.74, 6) is 0. The molecule has 0 aliphatic heterocycles. The van der Waals surface area contributed by atoms with E-state index in [-0.39, 0.29) is 5.41 Å². The van der Waals surface area contributed by atoms with Crippen LogP contribution in [0.15, 0.2) is 0 Å². The fourth-order valence-corrected chi connectivity index (χ4v) is 3.55. The van der Waals surface area contributed by atoms with Crippen molar-refractivity contribution >= 4 is 16.5 Å². The molecular formula is C16H31N3S. The number of nitrogens with zero attached hydrogens (tertiary/aromatic N) is 2. The van der Waals surface area contributed by atoms with Gasteiger partial charge < -0.3 is 10.2 Å². The van der Waals surface area contributed by atoms with Gasteiger partial charge >= 0.3 is 0 Å². The molecule has 4 heteroatoms. The highest BCUT2D eigenvalue weighted by Crippen LogP contribution is 2.34. The van der Waals surface area contributed by atoms with Crippen LogP contribution in [-0.4, -0.2) is 24.6 Å². The largest absolute Gasteiger partial charge is 0.348 e. The second kappa shape index (κ2) is 7.99. The Morgan fingerprint density at radius 1 is 1.10 bits per heavy atom. The first-order valence-corrected chi connectivity index (χ1v) is 8.71. The molecule has 0 aliphatic carbocycles. The summed E-state index contributed by atoms with van der Waals surface area (Å²) in [5.41, 5.74) is 1.37. The van der Waals surface area contributed by atoms with Gasteiger partial charge in [-0.2, -0.15) is 0 Å². The molecule has 116 valence electrons. The van der Waals surface area contributed by atoms with Gasteiger partial charge in [0.05, 0.1) is 5.69 Å². The van der Waals surface area contributed by atoms with Gasteiger partial charge in [0.25, 0.3) is 0 Å². The van der Waals surface area contributed by atoms with Gasteiger partial charge in [-0.25, -0.2) is 4.98 Å². The molecule has 1 N–H and O–H groups in total. The Bertz CT molecular complexity index is 387. The number of hydrogen-bond acceptors (Lipinski definition) is 4. The Kier molecular flexibility index (Phi) is 6.96. The topological polar surface area (TPSA) is 28.2 Å². The lowest BCUT2D eigenvalue weighted by Crippen LogP contribution is -2.25. The lowest BCUT2D eigenvalue weighted by molar-refractivity contribution is 0.560. The van der Waals surface area contributed by atoms with Crippen molar-refractivity contribution < 1.29 is 0 Å². The van der Waals surface area contributed by atoms with Crippen LogP contribution in [0.25, 0.3) is 0 Å². The van der Waals surface area contributed by atoms with Crippen LogP contribution in [0.5, 0.6) is 0 Å². The quantitative estimate of drug-likeness (QED) is 0.780. The highest BCUT2D eigenvalue weighted by molar-refractivity contribution is 7.15. The molecule has 0 bridgehead atoms. The van der Waals surface area contributed by atoms with Gasteiger partial charge in [0, 0.05) is 29.9 Å². The maximum absolute atomic E-state index is 4.98. The molecule has 0 atom stereocenters. The summed E-state index contributed by atoms with van der Waals surface area (Å²) >= 11 is 1.87. The van der Waals surface area contributed by atoms with Crippen molar-refractivity contribution in [3.63, 3.8) is 0 Å². The van der Waals surface area contributed by atoms with E-state index in [1.165, 1.54) is 28.5 Å². The minimum Gasteiger partial charge on any atom is -0.348 e. The summed E-state index contributed by atoms with van der Waals surface area (Å²) in [6.45, 7) is 17.5. The summed E-state index contributed by atoms with van der Waals surface area (Å²) < 4.78 is 0. The Hall–Kier alpha value is -0.610. The number of hydrogen-bond donors (Lipinski definition) is 1. The molecule has 0 spiro atoms. The fraction of sp³-hybridized carbons (Fsp3) is 0.812. The third-order valence-corrected chi connectivity index (χ3v) is 4.31. The van der Waals surface area contributed by atoms with E-state index in [0.29, 0.717) is 0 Å². The minimum absolute atomic E-state index is 0.115. The molecule has 0 saturated carbocycles. The van der Waals surface area contributed by atoms with E-state index in [4.69, 9.17) is 4.98 Å². The number of rotatable bonds is 8. The third kappa shape index (κ3) is 4.74. The summed E-state index contributed by atoms with van der Waals surface area (Å²) in [7, 11) is 0. The molecule has 0 fully saturated rings. The van der Waals surface area contributed by atoms with Crippen molar-refractivity contribution in [3.8, 4) is 0 Å². The minimum atomic E-state index is 0.115. The molecule has 20 heavy (non-hydrogen) atoms. The molecule has 1 rings (SSSR count). The Labute approximate surface area is 128 Å². The van der Waals surface area contributed by atoms with Crippen molar-refractivity contribution in [3.05, 3.63) is 10.6 Å². The number of aromatic nitrogens is 1. The lowest BCUT2D eigenvalue weighted by Gasteiger charge is -2.21. The predicted molar refractivity (Wildman–Crippen MR) is 91.0 cm³/mol. The second-order valence-corrected chi connectivity index (χ2v) is 7.35. The SMILES string of the molecule is CCCN(CCC)c1nc(C(C)(C)C)c(CNCC)s1. The molecule has 3 nitrogen and oxygen atoms in total. The van der Waals surface area contributed by atoms with E-state index >= 15 is 0 Å². The molecule has 0 radical (unpaired) electrons. The van der Waals surface area contributed by atoms with Crippen LogP contribution >= 0.6 is 11.3 Å². The standard InChI is InChI=1S/C16H31N3S/c1-7-10-19(11-8-2)15-18-14(16(4,5)6)13(20-15)12-17-9-3/h17H,7-12H2,1-6H3. The van der Waals surface area contributed by atoms with E-state index in [1.807, 2.05) is 11.3 Å². The van der Waals surface area contributed by atoms with Gasteiger partial charge in [-0.15, -0.1) is 11.3 Å². The number of thiazole rings is 1. The van der Waals surface area contributed by atoms with E-state index in [1.54, 1.807) is 0 Å². The molecule has 0 amide bonds. The second-order valence-electron chi connectivity index (χ2n) is 6.29. The molecule has 0 aromatic carbocycles. The van der Waals surface area contributed by atoms with Crippen LogP contribution in [0, 0.1) is 0 Å². The monoisotopic (exact) mass is 297 g/mol. The van der Waals surface area contributed by atoms with Crippen molar-refractivity contribution in [1.29, 1.82) is 0 Å². The number of nitrogens with one attached hydrogen (secondary N) is 1. The average Bonchev–Trinajstić information content (AvgIpc) is 2.80. The molecular weight excluding hydrogens is 266 g/mol. The summed E-state index contributed by atoms with van der Waals surface area (Å²) in [6, 6.07) is 0. The highest BCUT2D eigenvalue weighted by atomic mass is 32.1. The van der Waals surface area contributed by atoms with E-state index in [9.17, 15) is 0 Å². The molecule has 1 aromatic heterocycles. The van der Waals surface area contributed by atoms with Gasteiger partial charge in [-0.1, -0.05) is 41.5 Å². The van der Waals surface area contributed by atoms with E-state index < -0.39 is 0 Å². The molecule has 0 unspecified atom stereocenters. The van der Waals surface area contributed by atoms with Gasteiger partial charge in [-0.3, -0.25) is 0 Å². The zero-order valence-electron chi connectivity index (χ0n) is 14.0. The Balaban J connectivity index is 3.05. The van der Waals surface area contributed by atoms with Crippen molar-refractivity contribution in [2.24, 2.45) is 0 Å². The molecule has 0 aliphatic rings. The van der Waals surface area contributed by atoms with Crippen molar-refractivity contribution in [2.75, 3.05) is 24.5 Å². The van der Waals surface area contributed by atoms with Crippen LogP contribution < -0.4 is 10.2 Å². The van der Waals surface area contributed by atoms with Gasteiger partial charge in [0.2, 0.25) is 0 Å². The van der Waals surface area contributed by atoms with Gasteiger partial charge in [-0.05, 0) is 19.4 Å². The van der Waals surface area contributed by atoms with Gasteiger partial charge in [0.15, 0.2) is 5.13 Å².